The molecule has 1 atom stereocenters. The summed E-state index contributed by atoms with van der Waals surface area (Å²) in [5, 5.41) is 0. The summed E-state index contributed by atoms with van der Waals surface area (Å²) in [4.78, 5) is 2.33. The third kappa shape index (κ3) is 3.47. The van der Waals surface area contributed by atoms with Gasteiger partial charge in [0.15, 0.2) is 0 Å². The molecule has 2 N–H and O–H groups in total. The van der Waals surface area contributed by atoms with Gasteiger partial charge in [-0.2, -0.15) is 0 Å². The minimum absolute atomic E-state index is 0.0693. The highest BCUT2D eigenvalue weighted by Gasteiger charge is 2.30. The Morgan fingerprint density at radius 2 is 2.06 bits per heavy atom. The number of nitrogens with two attached hydrogens (primary N) is 1. The lowest BCUT2D eigenvalue weighted by molar-refractivity contribution is 0.178. The highest BCUT2D eigenvalue weighted by molar-refractivity contribution is 5.28. The van der Waals surface area contributed by atoms with E-state index in [-0.39, 0.29) is 5.54 Å². The van der Waals surface area contributed by atoms with Gasteiger partial charge in [0.25, 0.3) is 0 Å². The van der Waals surface area contributed by atoms with Gasteiger partial charge in [0, 0.05) is 12.1 Å². The first-order chi connectivity index (χ1) is 8.61. The zero-order valence-electron chi connectivity index (χ0n) is 11.5. The zero-order chi connectivity index (χ0) is 13.0. The molecule has 0 amide bonds. The first-order valence-corrected chi connectivity index (χ1v) is 6.80. The largest absolute Gasteiger partial charge is 0.494 e. The lowest BCUT2D eigenvalue weighted by Gasteiger charge is -2.38. The molecule has 0 aliphatic carbocycles. The van der Waals surface area contributed by atoms with E-state index in [1.54, 1.807) is 0 Å². The number of rotatable bonds is 4. The molecule has 2 rings (SSSR count). The van der Waals surface area contributed by atoms with Gasteiger partial charge in [-0.1, -0.05) is 12.1 Å². The topological polar surface area (TPSA) is 38.5 Å². The average Bonchev–Trinajstić information content (AvgIpc) is 2.31. The molecular formula is C15H24N2O. The second-order valence-electron chi connectivity index (χ2n) is 5.46. The van der Waals surface area contributed by atoms with Crippen molar-refractivity contribution in [1.82, 2.24) is 4.90 Å². The normalized spacial score (nSPS) is 25.1. The number of piperidine rings is 1. The molecular weight excluding hydrogens is 224 g/mol. The maximum Gasteiger partial charge on any atom is 0.119 e. The standard InChI is InChI=1S/C15H24N2O/c1-3-18-14-7-5-13(6-8-14)11-15(16)9-4-10-17(2)12-15/h5-8H,3-4,9-12,16H2,1-2H3. The third-order valence-corrected chi connectivity index (χ3v) is 3.59. The van der Waals surface area contributed by atoms with E-state index in [0.717, 1.165) is 25.1 Å². The van der Waals surface area contributed by atoms with E-state index in [2.05, 4.69) is 24.1 Å². The molecule has 0 saturated carbocycles. The lowest BCUT2D eigenvalue weighted by Crippen LogP contribution is -2.54. The molecule has 3 heteroatoms. The monoisotopic (exact) mass is 248 g/mol. The van der Waals surface area contributed by atoms with Crippen LogP contribution < -0.4 is 10.5 Å². The van der Waals surface area contributed by atoms with Crippen LogP contribution in [-0.2, 0) is 6.42 Å². The summed E-state index contributed by atoms with van der Waals surface area (Å²) in [7, 11) is 2.15. The molecule has 1 fully saturated rings. The Hall–Kier alpha value is -1.06. The molecule has 1 aromatic carbocycles. The average molecular weight is 248 g/mol. The molecule has 3 nitrogen and oxygen atoms in total. The minimum atomic E-state index is -0.0693. The quantitative estimate of drug-likeness (QED) is 0.886. The van der Waals surface area contributed by atoms with Crippen LogP contribution in [-0.4, -0.2) is 37.2 Å². The van der Waals surface area contributed by atoms with Crippen molar-refractivity contribution in [2.24, 2.45) is 5.73 Å². The van der Waals surface area contributed by atoms with Crippen molar-refractivity contribution in [1.29, 1.82) is 0 Å². The Morgan fingerprint density at radius 3 is 2.67 bits per heavy atom. The highest BCUT2D eigenvalue weighted by atomic mass is 16.5. The second kappa shape index (κ2) is 5.72. The van der Waals surface area contributed by atoms with E-state index in [4.69, 9.17) is 10.5 Å². The first kappa shape index (κ1) is 13.4. The molecule has 0 aromatic heterocycles. The Morgan fingerprint density at radius 1 is 1.33 bits per heavy atom. The maximum atomic E-state index is 6.51. The van der Waals surface area contributed by atoms with Crippen LogP contribution in [0.1, 0.15) is 25.3 Å². The van der Waals surface area contributed by atoms with Crippen LogP contribution in [0, 0.1) is 0 Å². The van der Waals surface area contributed by atoms with Crippen molar-refractivity contribution < 1.29 is 4.74 Å². The smallest absolute Gasteiger partial charge is 0.119 e. The Balaban J connectivity index is 1.99. The van der Waals surface area contributed by atoms with Gasteiger partial charge in [-0.15, -0.1) is 0 Å². The van der Waals surface area contributed by atoms with Crippen LogP contribution >= 0.6 is 0 Å². The number of likely N-dealkylation sites (N-methyl/N-ethyl adjacent to an activating group) is 1. The third-order valence-electron chi connectivity index (χ3n) is 3.59. The van der Waals surface area contributed by atoms with Crippen molar-refractivity contribution in [3.63, 3.8) is 0 Å². The van der Waals surface area contributed by atoms with E-state index in [1.807, 2.05) is 19.1 Å². The Kier molecular flexibility index (Phi) is 4.25. The van der Waals surface area contributed by atoms with Crippen molar-refractivity contribution in [3.05, 3.63) is 29.8 Å². The number of ether oxygens (including phenoxy) is 1. The molecule has 0 bridgehead atoms. The molecule has 1 heterocycles. The van der Waals surface area contributed by atoms with Crippen molar-refractivity contribution in [3.8, 4) is 5.75 Å². The lowest BCUT2D eigenvalue weighted by atomic mass is 9.84. The SMILES string of the molecule is CCOc1ccc(CC2(N)CCCN(C)C2)cc1. The summed E-state index contributed by atoms with van der Waals surface area (Å²) in [5.74, 6) is 0.938. The molecule has 100 valence electrons. The van der Waals surface area contributed by atoms with Gasteiger partial charge in [0.2, 0.25) is 0 Å². The van der Waals surface area contributed by atoms with E-state index in [1.165, 1.54) is 18.5 Å². The second-order valence-corrected chi connectivity index (χ2v) is 5.46. The van der Waals surface area contributed by atoms with Crippen molar-refractivity contribution >= 4 is 0 Å². The summed E-state index contributed by atoms with van der Waals surface area (Å²) < 4.78 is 5.45. The molecule has 1 aromatic rings. The predicted molar refractivity (Wildman–Crippen MR) is 75.0 cm³/mol. The van der Waals surface area contributed by atoms with Crippen LogP contribution in [0.4, 0.5) is 0 Å². The van der Waals surface area contributed by atoms with E-state index < -0.39 is 0 Å². The molecule has 1 aliphatic rings. The number of likely N-dealkylation sites (tertiary alicyclic amines) is 1. The summed E-state index contributed by atoms with van der Waals surface area (Å²) >= 11 is 0. The fourth-order valence-corrected chi connectivity index (χ4v) is 2.82. The van der Waals surface area contributed by atoms with Gasteiger partial charge >= 0.3 is 0 Å². The molecule has 1 unspecified atom stereocenters. The van der Waals surface area contributed by atoms with E-state index >= 15 is 0 Å². The molecule has 18 heavy (non-hydrogen) atoms. The van der Waals surface area contributed by atoms with Gasteiger partial charge in [-0.25, -0.2) is 0 Å². The van der Waals surface area contributed by atoms with Crippen LogP contribution in [0.3, 0.4) is 0 Å². The van der Waals surface area contributed by atoms with Crippen LogP contribution in [0.25, 0.3) is 0 Å². The number of benzene rings is 1. The van der Waals surface area contributed by atoms with Crippen LogP contribution in [0.2, 0.25) is 0 Å². The maximum absolute atomic E-state index is 6.51. The van der Waals surface area contributed by atoms with Gasteiger partial charge in [-0.3, -0.25) is 0 Å². The molecule has 0 radical (unpaired) electrons. The molecule has 0 spiro atoms. The van der Waals surface area contributed by atoms with Gasteiger partial charge in [-0.05, 0) is 57.5 Å². The van der Waals surface area contributed by atoms with Crippen molar-refractivity contribution in [2.45, 2.75) is 31.7 Å². The molecule has 1 saturated heterocycles. The fraction of sp³-hybridized carbons (Fsp3) is 0.600. The van der Waals surface area contributed by atoms with E-state index in [0.29, 0.717) is 6.61 Å². The highest BCUT2D eigenvalue weighted by Crippen LogP contribution is 2.23. The summed E-state index contributed by atoms with van der Waals surface area (Å²) in [5.41, 5.74) is 7.74. The van der Waals surface area contributed by atoms with Gasteiger partial charge in [0.1, 0.15) is 5.75 Å². The van der Waals surface area contributed by atoms with Crippen LogP contribution in [0.5, 0.6) is 5.75 Å². The summed E-state index contributed by atoms with van der Waals surface area (Å²) in [6, 6.07) is 8.34. The number of hydrogen-bond acceptors (Lipinski definition) is 3. The minimum Gasteiger partial charge on any atom is -0.494 e. The summed E-state index contributed by atoms with van der Waals surface area (Å²) in [6.45, 7) is 4.87. The van der Waals surface area contributed by atoms with Crippen molar-refractivity contribution in [2.75, 3.05) is 26.7 Å². The van der Waals surface area contributed by atoms with E-state index in [9.17, 15) is 0 Å². The molecule has 1 aliphatic heterocycles. The number of nitrogens with zero attached hydrogens (tertiary/aromatic N) is 1. The van der Waals surface area contributed by atoms with Crippen LogP contribution in [0.15, 0.2) is 24.3 Å². The Labute approximate surface area is 110 Å². The Bertz CT molecular complexity index is 377. The zero-order valence-corrected chi connectivity index (χ0v) is 11.5. The summed E-state index contributed by atoms with van der Waals surface area (Å²) in [6.07, 6.45) is 3.26. The van der Waals surface area contributed by atoms with Gasteiger partial charge in [0.05, 0.1) is 6.61 Å². The first-order valence-electron chi connectivity index (χ1n) is 6.80. The fourth-order valence-electron chi connectivity index (χ4n) is 2.82. The van der Waals surface area contributed by atoms with Gasteiger partial charge < -0.3 is 15.4 Å². The number of hydrogen-bond donors (Lipinski definition) is 1. The predicted octanol–water partition coefficient (Wildman–Crippen LogP) is 2.05.